The van der Waals surface area contributed by atoms with Crippen LogP contribution in [0.2, 0.25) is 0 Å². The van der Waals surface area contributed by atoms with E-state index in [1.165, 1.54) is 0 Å². The van der Waals surface area contributed by atoms with E-state index in [-0.39, 0.29) is 5.70 Å². The maximum absolute atomic E-state index is 12.7. The average molecular weight is 352 g/mol. The maximum atomic E-state index is 12.7. The van der Waals surface area contributed by atoms with Crippen LogP contribution >= 0.6 is 0 Å². The predicted octanol–water partition coefficient (Wildman–Crippen LogP) is 3.38. The van der Waals surface area contributed by atoms with Crippen LogP contribution in [0.25, 0.3) is 0 Å². The smallest absolute Gasteiger partial charge is 0.334 e. The van der Waals surface area contributed by atoms with Gasteiger partial charge in [-0.25, -0.2) is 39.5 Å². The molecule has 0 aliphatic heterocycles. The highest BCUT2D eigenvalue weighted by atomic mass is 28.4. The lowest BCUT2D eigenvalue weighted by atomic mass is 10.7. The molecule has 3 nitrogen and oxygen atoms in total. The van der Waals surface area contributed by atoms with Crippen molar-refractivity contribution in [3.05, 3.63) is 12.3 Å². The first-order chi connectivity index (χ1) is 9.54. The molecule has 0 aromatic rings. The molecule has 0 aromatic heterocycles. The fourth-order valence-corrected chi connectivity index (χ4v) is 2.56. The minimum Gasteiger partial charge on any atom is -0.334 e. The third-order valence-electron chi connectivity index (χ3n) is 1.67. The lowest BCUT2D eigenvalue weighted by Gasteiger charge is -2.30. The molecule has 126 valence electrons. The summed E-state index contributed by atoms with van der Waals surface area (Å²) in [7, 11) is -5.45. The van der Waals surface area contributed by atoms with Crippen molar-refractivity contribution < 1.29 is 52.8 Å². The van der Waals surface area contributed by atoms with Crippen molar-refractivity contribution >= 4 is 8.80 Å². The topological polar surface area (TPSA) is 27.7 Å². The standard InChI is InChI=1S/C8H9F9O3Si/c1-2-21(18-6(15)3(9)10,19-7(16)4(11)12)20-8(17)5(13)14/h2-8H,1H2. The zero-order chi connectivity index (χ0) is 16.8. The first-order valence-electron chi connectivity index (χ1n) is 4.98. The van der Waals surface area contributed by atoms with Gasteiger partial charge in [0.2, 0.25) is 0 Å². The van der Waals surface area contributed by atoms with Crippen molar-refractivity contribution in [1.82, 2.24) is 0 Å². The Morgan fingerprint density at radius 2 is 0.857 bits per heavy atom. The van der Waals surface area contributed by atoms with Crippen LogP contribution in [0.15, 0.2) is 12.3 Å². The summed E-state index contributed by atoms with van der Waals surface area (Å²) in [4.78, 5) is 0. The van der Waals surface area contributed by atoms with Gasteiger partial charge in [0.25, 0.3) is 38.3 Å². The van der Waals surface area contributed by atoms with Crippen molar-refractivity contribution in [3.63, 3.8) is 0 Å². The fourth-order valence-electron chi connectivity index (χ4n) is 0.853. The predicted molar refractivity (Wildman–Crippen MR) is 51.9 cm³/mol. The molecule has 0 amide bonds. The molecule has 21 heavy (non-hydrogen) atoms. The molecular weight excluding hydrogens is 343 g/mol. The van der Waals surface area contributed by atoms with Gasteiger partial charge >= 0.3 is 8.80 Å². The maximum Gasteiger partial charge on any atom is 0.535 e. The molecule has 0 saturated heterocycles. The van der Waals surface area contributed by atoms with Crippen molar-refractivity contribution in [3.8, 4) is 0 Å². The lowest BCUT2D eigenvalue weighted by Crippen LogP contribution is -2.52. The fraction of sp³-hybridized carbons (Fsp3) is 0.750. The van der Waals surface area contributed by atoms with E-state index in [4.69, 9.17) is 0 Å². The number of halogens is 9. The number of rotatable bonds is 10. The van der Waals surface area contributed by atoms with Crippen LogP contribution in [0.1, 0.15) is 0 Å². The highest BCUT2D eigenvalue weighted by Gasteiger charge is 2.50. The highest BCUT2D eigenvalue weighted by molar-refractivity contribution is 6.66. The van der Waals surface area contributed by atoms with Gasteiger partial charge in [-0.3, -0.25) is 0 Å². The van der Waals surface area contributed by atoms with E-state index in [2.05, 4.69) is 19.9 Å². The molecule has 3 unspecified atom stereocenters. The van der Waals surface area contributed by atoms with E-state index in [0.717, 1.165) is 0 Å². The van der Waals surface area contributed by atoms with Crippen LogP contribution in [-0.4, -0.2) is 47.2 Å². The summed E-state index contributed by atoms with van der Waals surface area (Å²) < 4.78 is 121. The monoisotopic (exact) mass is 352 g/mol. The Morgan fingerprint density at radius 1 is 0.619 bits per heavy atom. The van der Waals surface area contributed by atoms with Crippen molar-refractivity contribution in [2.45, 2.75) is 38.3 Å². The molecule has 3 atom stereocenters. The molecule has 0 fully saturated rings. The summed E-state index contributed by atoms with van der Waals surface area (Å²) in [6.45, 7) is 2.72. The van der Waals surface area contributed by atoms with Crippen LogP contribution in [0.4, 0.5) is 39.5 Å². The molecule has 13 heteroatoms. The first kappa shape index (κ1) is 20.2. The Hall–Kier alpha value is -0.793. The number of hydrogen-bond donors (Lipinski definition) is 0. The second kappa shape index (κ2) is 8.60. The summed E-state index contributed by atoms with van der Waals surface area (Å²) in [5.41, 5.74) is 0.0614. The minimum atomic E-state index is -5.45. The van der Waals surface area contributed by atoms with Crippen molar-refractivity contribution in [2.24, 2.45) is 0 Å². The normalized spacial score (nSPS) is 19.6. The molecular formula is C8H9F9O3Si. The van der Waals surface area contributed by atoms with Crippen LogP contribution in [-0.2, 0) is 13.3 Å². The third-order valence-corrected chi connectivity index (χ3v) is 3.84. The summed E-state index contributed by atoms with van der Waals surface area (Å²) >= 11 is 0. The van der Waals surface area contributed by atoms with Crippen molar-refractivity contribution in [2.75, 3.05) is 0 Å². The molecule has 0 heterocycles. The van der Waals surface area contributed by atoms with E-state index >= 15 is 0 Å². The molecule has 0 rings (SSSR count). The van der Waals surface area contributed by atoms with E-state index in [9.17, 15) is 39.5 Å². The second-order valence-corrected chi connectivity index (χ2v) is 5.54. The van der Waals surface area contributed by atoms with Gasteiger partial charge in [0, 0.05) is 0 Å². The van der Waals surface area contributed by atoms with Gasteiger partial charge in [-0.15, -0.1) is 0 Å². The zero-order valence-electron chi connectivity index (χ0n) is 9.87. The molecule has 0 aromatic carbocycles. The SMILES string of the molecule is C=C[Si](OC(F)C(F)F)(OC(F)C(F)F)OC(F)C(F)F. The van der Waals surface area contributed by atoms with Crippen LogP contribution < -0.4 is 0 Å². The van der Waals surface area contributed by atoms with Crippen LogP contribution in [0.3, 0.4) is 0 Å². The van der Waals surface area contributed by atoms with Gasteiger partial charge in [0.1, 0.15) is 0 Å². The molecule has 0 saturated carbocycles. The van der Waals surface area contributed by atoms with Gasteiger partial charge in [0.05, 0.1) is 0 Å². The van der Waals surface area contributed by atoms with Gasteiger partial charge in [-0.2, -0.15) is 0 Å². The van der Waals surface area contributed by atoms with E-state index < -0.39 is 47.2 Å². The average Bonchev–Trinajstić information content (AvgIpc) is 2.37. The molecule has 0 N–H and O–H groups in total. The molecule has 0 aliphatic carbocycles. The molecule has 0 aliphatic rings. The van der Waals surface area contributed by atoms with E-state index in [1.807, 2.05) is 0 Å². The molecule has 0 radical (unpaired) electrons. The third kappa shape index (κ3) is 6.67. The molecule has 0 spiro atoms. The summed E-state index contributed by atoms with van der Waals surface area (Å²) in [5.74, 6) is 0. The minimum absolute atomic E-state index is 0.0614. The Balaban J connectivity index is 5.22. The zero-order valence-corrected chi connectivity index (χ0v) is 10.9. The molecule has 0 bridgehead atoms. The number of hydrogen-bond acceptors (Lipinski definition) is 3. The van der Waals surface area contributed by atoms with E-state index in [0.29, 0.717) is 0 Å². The summed E-state index contributed by atoms with van der Waals surface area (Å²) in [5, 5.41) is 0. The summed E-state index contributed by atoms with van der Waals surface area (Å²) in [6, 6.07) is 0. The quantitative estimate of drug-likeness (QED) is 0.446. The largest absolute Gasteiger partial charge is 0.535 e. The first-order valence-corrected chi connectivity index (χ1v) is 6.78. The van der Waals surface area contributed by atoms with Gasteiger partial charge in [-0.1, -0.05) is 6.58 Å². The van der Waals surface area contributed by atoms with Crippen LogP contribution in [0.5, 0.6) is 0 Å². The highest BCUT2D eigenvalue weighted by Crippen LogP contribution is 2.25. The van der Waals surface area contributed by atoms with Crippen molar-refractivity contribution in [1.29, 1.82) is 0 Å². The van der Waals surface area contributed by atoms with Gasteiger partial charge < -0.3 is 13.3 Å². The Kier molecular flexibility index (Phi) is 8.28. The lowest BCUT2D eigenvalue weighted by molar-refractivity contribution is -0.171. The van der Waals surface area contributed by atoms with Gasteiger partial charge in [0.15, 0.2) is 0 Å². The second-order valence-electron chi connectivity index (χ2n) is 3.22. The Morgan fingerprint density at radius 3 is 1.00 bits per heavy atom. The van der Waals surface area contributed by atoms with Crippen LogP contribution in [0, 0.1) is 0 Å². The Labute approximate surface area is 113 Å². The summed E-state index contributed by atoms with van der Waals surface area (Å²) in [6.07, 6.45) is -22.4. The van der Waals surface area contributed by atoms with Gasteiger partial charge in [-0.05, 0) is 5.70 Å². The number of alkyl halides is 9. The Bertz CT molecular complexity index is 279. The van der Waals surface area contributed by atoms with E-state index in [1.54, 1.807) is 0 Å².